The second kappa shape index (κ2) is 7.13. The number of H-pyrrole nitrogens is 1. The number of para-hydroxylation sites is 1. The number of carbonyl (C=O) groups is 2. The molecule has 0 aliphatic heterocycles. The Morgan fingerprint density at radius 1 is 1.31 bits per heavy atom. The number of aromatic nitrogens is 6. The number of rotatable bonds is 6. The molecule has 3 aromatic rings. The Bertz CT molecular complexity index is 945. The van der Waals surface area contributed by atoms with E-state index in [9.17, 15) is 9.59 Å². The highest BCUT2D eigenvalue weighted by atomic mass is 16.4. The Morgan fingerprint density at radius 2 is 2.08 bits per heavy atom. The molecule has 0 atom stereocenters. The topological polar surface area (TPSA) is 139 Å². The van der Waals surface area contributed by atoms with Gasteiger partial charge in [-0.3, -0.25) is 9.89 Å². The number of carbonyl (C=O) groups excluding carboxylic acids is 1. The van der Waals surface area contributed by atoms with Gasteiger partial charge in [0, 0.05) is 11.5 Å². The number of hydrogen-bond donors (Lipinski definition) is 3. The maximum atomic E-state index is 12.3. The van der Waals surface area contributed by atoms with Crippen molar-refractivity contribution in [1.82, 2.24) is 30.2 Å². The fourth-order valence-corrected chi connectivity index (χ4v) is 2.25. The van der Waals surface area contributed by atoms with E-state index in [1.54, 1.807) is 18.2 Å². The molecular weight excluding hydrogens is 338 g/mol. The monoisotopic (exact) mass is 355 g/mol. The normalized spacial score (nSPS) is 10.9. The average molecular weight is 355 g/mol. The fraction of sp³-hybridized carbons (Fsp3) is 0.250. The number of anilines is 1. The number of hydrogen-bond acceptors (Lipinski definition) is 6. The fourth-order valence-electron chi connectivity index (χ4n) is 2.25. The predicted octanol–water partition coefficient (Wildman–Crippen LogP) is 1.52. The second-order valence-electron chi connectivity index (χ2n) is 5.90. The number of nitrogens with one attached hydrogen (secondary N) is 2. The van der Waals surface area contributed by atoms with E-state index in [0.29, 0.717) is 17.1 Å². The molecule has 1 aromatic carbocycles. The maximum absolute atomic E-state index is 12.3. The lowest BCUT2D eigenvalue weighted by molar-refractivity contribution is -0.116. The summed E-state index contributed by atoms with van der Waals surface area (Å²) in [5.74, 6) is -0.135. The molecule has 2 heterocycles. The predicted molar refractivity (Wildman–Crippen MR) is 91.5 cm³/mol. The van der Waals surface area contributed by atoms with Crippen molar-refractivity contribution in [1.29, 1.82) is 0 Å². The molecule has 0 spiro atoms. The molecule has 3 N–H and O–H groups in total. The van der Waals surface area contributed by atoms with Gasteiger partial charge in [0.25, 0.3) is 0 Å². The average Bonchev–Trinajstić information content (AvgIpc) is 3.24. The van der Waals surface area contributed by atoms with Crippen LogP contribution in [-0.4, -0.2) is 47.2 Å². The van der Waals surface area contributed by atoms with Gasteiger partial charge in [-0.2, -0.15) is 5.10 Å². The molecule has 0 saturated heterocycles. The van der Waals surface area contributed by atoms with Crippen molar-refractivity contribution in [3.05, 3.63) is 42.0 Å². The molecule has 0 fully saturated rings. The molecule has 134 valence electrons. The van der Waals surface area contributed by atoms with Gasteiger partial charge in [-0.1, -0.05) is 31.2 Å². The summed E-state index contributed by atoms with van der Waals surface area (Å²) in [6.45, 7) is 3.84. The molecular formula is C16H17N7O3. The van der Waals surface area contributed by atoms with Gasteiger partial charge in [0.1, 0.15) is 12.4 Å². The summed E-state index contributed by atoms with van der Waals surface area (Å²) in [6.07, 6.45) is 1.19. The van der Waals surface area contributed by atoms with Crippen LogP contribution >= 0.6 is 0 Å². The Labute approximate surface area is 148 Å². The van der Waals surface area contributed by atoms with Crippen LogP contribution in [0.3, 0.4) is 0 Å². The first-order valence-electron chi connectivity index (χ1n) is 7.89. The van der Waals surface area contributed by atoms with Gasteiger partial charge in [-0.05, 0) is 12.1 Å². The number of benzene rings is 1. The van der Waals surface area contributed by atoms with E-state index in [-0.39, 0.29) is 24.1 Å². The third-order valence-corrected chi connectivity index (χ3v) is 3.56. The molecule has 26 heavy (non-hydrogen) atoms. The van der Waals surface area contributed by atoms with E-state index in [1.807, 2.05) is 19.9 Å². The Kier molecular flexibility index (Phi) is 4.74. The molecule has 0 unspecified atom stereocenters. The third-order valence-electron chi connectivity index (χ3n) is 3.56. The van der Waals surface area contributed by atoms with Gasteiger partial charge in [0.2, 0.25) is 5.91 Å². The highest BCUT2D eigenvalue weighted by Crippen LogP contribution is 2.25. The number of aromatic amines is 1. The van der Waals surface area contributed by atoms with E-state index >= 15 is 0 Å². The summed E-state index contributed by atoms with van der Waals surface area (Å²) in [6, 6.07) is 7.16. The van der Waals surface area contributed by atoms with Crippen LogP contribution in [0, 0.1) is 0 Å². The standard InChI is InChI=1S/C16H17N7O3/c1-9(2)14-18-15(21-20-14)10-5-3-4-6-11(10)17-13(24)8-23-7-12(16(25)26)19-22-23/h3-7,9H,8H2,1-2H3,(H,17,24)(H,25,26)(H,18,20,21). The van der Waals surface area contributed by atoms with E-state index in [4.69, 9.17) is 5.11 Å². The first-order chi connectivity index (χ1) is 12.4. The van der Waals surface area contributed by atoms with Crippen LogP contribution in [0.5, 0.6) is 0 Å². The SMILES string of the molecule is CC(C)c1nc(-c2ccccc2NC(=O)Cn2cc(C(=O)O)nn2)n[nH]1. The quantitative estimate of drug-likeness (QED) is 0.609. The van der Waals surface area contributed by atoms with Crippen LogP contribution in [0.1, 0.15) is 36.1 Å². The van der Waals surface area contributed by atoms with Crippen LogP contribution in [0.4, 0.5) is 5.69 Å². The third kappa shape index (κ3) is 3.74. The number of carboxylic acid groups (broad SMARTS) is 1. The van der Waals surface area contributed by atoms with E-state index in [0.717, 1.165) is 10.5 Å². The van der Waals surface area contributed by atoms with Gasteiger partial charge in [0.05, 0.1) is 11.9 Å². The van der Waals surface area contributed by atoms with Crippen molar-refractivity contribution in [2.45, 2.75) is 26.3 Å². The van der Waals surface area contributed by atoms with Crippen molar-refractivity contribution in [2.75, 3.05) is 5.32 Å². The lowest BCUT2D eigenvalue weighted by atomic mass is 10.1. The first kappa shape index (κ1) is 17.3. The van der Waals surface area contributed by atoms with Crippen LogP contribution in [0.2, 0.25) is 0 Å². The van der Waals surface area contributed by atoms with Gasteiger partial charge in [-0.15, -0.1) is 5.10 Å². The van der Waals surface area contributed by atoms with Crippen molar-refractivity contribution in [2.24, 2.45) is 0 Å². The Morgan fingerprint density at radius 3 is 2.73 bits per heavy atom. The Hall–Kier alpha value is -3.56. The zero-order valence-electron chi connectivity index (χ0n) is 14.2. The zero-order chi connectivity index (χ0) is 18.7. The summed E-state index contributed by atoms with van der Waals surface area (Å²) < 4.78 is 1.16. The molecule has 10 heteroatoms. The summed E-state index contributed by atoms with van der Waals surface area (Å²) >= 11 is 0. The van der Waals surface area contributed by atoms with Crippen LogP contribution < -0.4 is 5.32 Å². The van der Waals surface area contributed by atoms with Crippen LogP contribution in [-0.2, 0) is 11.3 Å². The van der Waals surface area contributed by atoms with Crippen molar-refractivity contribution < 1.29 is 14.7 Å². The molecule has 10 nitrogen and oxygen atoms in total. The number of aromatic carboxylic acids is 1. The van der Waals surface area contributed by atoms with Crippen LogP contribution in [0.25, 0.3) is 11.4 Å². The maximum Gasteiger partial charge on any atom is 0.358 e. The molecule has 0 aliphatic rings. The largest absolute Gasteiger partial charge is 0.476 e. The Balaban J connectivity index is 1.76. The summed E-state index contributed by atoms with van der Waals surface area (Å²) in [4.78, 5) is 27.5. The molecule has 2 aromatic heterocycles. The molecule has 1 amide bonds. The zero-order valence-corrected chi connectivity index (χ0v) is 14.2. The van der Waals surface area contributed by atoms with Crippen molar-refractivity contribution in [3.63, 3.8) is 0 Å². The molecule has 0 aliphatic carbocycles. The number of amides is 1. The van der Waals surface area contributed by atoms with Gasteiger partial charge < -0.3 is 10.4 Å². The van der Waals surface area contributed by atoms with E-state index < -0.39 is 5.97 Å². The van der Waals surface area contributed by atoms with Gasteiger partial charge in [0.15, 0.2) is 11.5 Å². The summed E-state index contributed by atoms with van der Waals surface area (Å²) in [5.41, 5.74) is 0.999. The van der Waals surface area contributed by atoms with Crippen molar-refractivity contribution >= 4 is 17.6 Å². The van der Waals surface area contributed by atoms with Crippen LogP contribution in [0.15, 0.2) is 30.5 Å². The minimum Gasteiger partial charge on any atom is -0.476 e. The molecule has 0 saturated carbocycles. The highest BCUT2D eigenvalue weighted by molar-refractivity contribution is 5.94. The second-order valence-corrected chi connectivity index (χ2v) is 5.90. The van der Waals surface area contributed by atoms with Gasteiger partial charge >= 0.3 is 5.97 Å². The molecule has 3 rings (SSSR count). The first-order valence-corrected chi connectivity index (χ1v) is 7.89. The van der Waals surface area contributed by atoms with Crippen molar-refractivity contribution in [3.8, 4) is 11.4 Å². The number of carboxylic acids is 1. The number of nitrogens with zero attached hydrogens (tertiary/aromatic N) is 5. The van der Waals surface area contributed by atoms with E-state index in [1.165, 1.54) is 6.20 Å². The summed E-state index contributed by atoms with van der Waals surface area (Å²) in [5, 5.41) is 25.8. The lowest BCUT2D eigenvalue weighted by Gasteiger charge is -2.08. The highest BCUT2D eigenvalue weighted by Gasteiger charge is 2.15. The summed E-state index contributed by atoms with van der Waals surface area (Å²) in [7, 11) is 0. The van der Waals surface area contributed by atoms with E-state index in [2.05, 4.69) is 30.8 Å². The van der Waals surface area contributed by atoms with Gasteiger partial charge in [-0.25, -0.2) is 14.5 Å². The minimum absolute atomic E-state index is 0.167. The molecule has 0 bridgehead atoms. The smallest absolute Gasteiger partial charge is 0.358 e. The minimum atomic E-state index is -1.20. The lowest BCUT2D eigenvalue weighted by Crippen LogP contribution is -2.19. The molecule has 0 radical (unpaired) electrons.